The summed E-state index contributed by atoms with van der Waals surface area (Å²) < 4.78 is 8.51. The van der Waals surface area contributed by atoms with Gasteiger partial charge < -0.3 is 4.90 Å². The van der Waals surface area contributed by atoms with Crippen LogP contribution in [0.1, 0.15) is 11.1 Å². The highest BCUT2D eigenvalue weighted by molar-refractivity contribution is 7.00. The third-order valence-corrected chi connectivity index (χ3v) is 4.66. The third-order valence-electron chi connectivity index (χ3n) is 3.56. The van der Waals surface area contributed by atoms with Gasteiger partial charge in [0.1, 0.15) is 16.9 Å². The first kappa shape index (κ1) is 13.0. The zero-order chi connectivity index (χ0) is 14.6. The number of nitrogens with zero attached hydrogens (tertiary/aromatic N) is 3. The van der Waals surface area contributed by atoms with Gasteiger partial charge in [0.25, 0.3) is 0 Å². The summed E-state index contributed by atoms with van der Waals surface area (Å²) >= 11 is 13.6. The number of hydrogen-bond donors (Lipinski definition) is 1. The van der Waals surface area contributed by atoms with Gasteiger partial charge in [-0.25, -0.2) is 0 Å². The molecule has 104 valence electrons. The monoisotopic (exact) mass is 334 g/mol. The number of benzene rings is 2. The van der Waals surface area contributed by atoms with E-state index in [1.54, 1.807) is 6.07 Å². The Hall–Kier alpha value is -1.69. The van der Waals surface area contributed by atoms with E-state index < -0.39 is 0 Å². The lowest BCUT2D eigenvalue weighted by Crippen LogP contribution is -2.23. The Morgan fingerprint density at radius 2 is 1.86 bits per heavy atom. The summed E-state index contributed by atoms with van der Waals surface area (Å²) in [5.74, 6) is 0.420. The van der Waals surface area contributed by atoms with Crippen molar-refractivity contribution >= 4 is 57.5 Å². The molecule has 0 bridgehead atoms. The molecule has 1 aliphatic heterocycles. The van der Waals surface area contributed by atoms with Crippen molar-refractivity contribution in [3.63, 3.8) is 0 Å². The molecule has 1 N–H and O–H groups in total. The Morgan fingerprint density at radius 1 is 1.10 bits per heavy atom. The second-order valence-electron chi connectivity index (χ2n) is 4.74. The molecule has 0 aliphatic carbocycles. The summed E-state index contributed by atoms with van der Waals surface area (Å²) in [4.78, 5) is 1.85. The summed E-state index contributed by atoms with van der Waals surface area (Å²) in [5.41, 5.74) is 4.00. The minimum Gasteiger partial charge on any atom is -0.319 e. The van der Waals surface area contributed by atoms with Crippen LogP contribution < -0.4 is 4.90 Å². The number of aromatic nitrogens is 2. The lowest BCUT2D eigenvalue weighted by molar-refractivity contribution is 1.05. The van der Waals surface area contributed by atoms with E-state index in [1.807, 2.05) is 29.2 Å². The Bertz CT molecular complexity index is 890. The van der Waals surface area contributed by atoms with Gasteiger partial charge in [-0.05, 0) is 11.6 Å². The van der Waals surface area contributed by atoms with Gasteiger partial charge in [0.2, 0.25) is 0 Å². The van der Waals surface area contributed by atoms with E-state index in [2.05, 4.69) is 8.75 Å². The number of fused-ring (bicyclic) bond motifs is 2. The van der Waals surface area contributed by atoms with E-state index in [0.29, 0.717) is 39.1 Å². The van der Waals surface area contributed by atoms with E-state index in [4.69, 9.17) is 28.6 Å². The predicted molar refractivity (Wildman–Crippen MR) is 86.9 cm³/mol. The molecule has 0 saturated heterocycles. The second-order valence-corrected chi connectivity index (χ2v) is 6.09. The van der Waals surface area contributed by atoms with Gasteiger partial charge in [0.15, 0.2) is 0 Å². The van der Waals surface area contributed by atoms with Gasteiger partial charge in [-0.15, -0.1) is 0 Å². The molecule has 0 amide bonds. The smallest absolute Gasteiger partial charge is 0.133 e. The summed E-state index contributed by atoms with van der Waals surface area (Å²) in [5, 5.41) is 9.36. The van der Waals surface area contributed by atoms with Gasteiger partial charge in [-0.3, -0.25) is 5.41 Å². The van der Waals surface area contributed by atoms with Gasteiger partial charge in [0.05, 0.1) is 34.0 Å². The number of rotatable bonds is 1. The Labute approximate surface area is 134 Å². The Morgan fingerprint density at radius 3 is 2.67 bits per heavy atom. The minimum atomic E-state index is 0.420. The van der Waals surface area contributed by atoms with Crippen molar-refractivity contribution in [2.75, 3.05) is 4.90 Å². The van der Waals surface area contributed by atoms with Crippen molar-refractivity contribution < 1.29 is 0 Å². The van der Waals surface area contributed by atoms with E-state index in [1.165, 1.54) is 0 Å². The van der Waals surface area contributed by atoms with Gasteiger partial charge in [-0.2, -0.15) is 8.75 Å². The molecule has 0 spiro atoms. The summed E-state index contributed by atoms with van der Waals surface area (Å²) in [7, 11) is 0. The molecule has 3 aromatic rings. The van der Waals surface area contributed by atoms with Crippen LogP contribution in [0.3, 0.4) is 0 Å². The van der Waals surface area contributed by atoms with Crippen LogP contribution in [0, 0.1) is 5.41 Å². The highest BCUT2D eigenvalue weighted by Gasteiger charge is 2.29. The van der Waals surface area contributed by atoms with E-state index in [0.717, 1.165) is 22.9 Å². The molecular weight excluding hydrogens is 327 g/mol. The van der Waals surface area contributed by atoms with Crippen LogP contribution in [0.5, 0.6) is 0 Å². The van der Waals surface area contributed by atoms with Crippen LogP contribution >= 0.6 is 34.9 Å². The largest absolute Gasteiger partial charge is 0.319 e. The first-order valence-corrected chi connectivity index (χ1v) is 7.70. The molecule has 0 radical (unpaired) electrons. The molecule has 4 nitrogen and oxygen atoms in total. The highest BCUT2D eigenvalue weighted by atomic mass is 35.5. The van der Waals surface area contributed by atoms with Crippen LogP contribution in [0.25, 0.3) is 11.0 Å². The van der Waals surface area contributed by atoms with Crippen LogP contribution in [0.15, 0.2) is 30.3 Å². The fourth-order valence-corrected chi connectivity index (χ4v) is 3.80. The van der Waals surface area contributed by atoms with E-state index in [-0.39, 0.29) is 0 Å². The quantitative estimate of drug-likeness (QED) is 0.719. The highest BCUT2D eigenvalue weighted by Crippen LogP contribution is 2.40. The molecule has 2 aromatic carbocycles. The maximum atomic E-state index is 8.39. The maximum Gasteiger partial charge on any atom is 0.133 e. The summed E-state index contributed by atoms with van der Waals surface area (Å²) in [6.45, 7) is 0.600. The standard InChI is InChI=1S/C14H8Cl2N4S/c15-9-5-10(16)13(12-11(9)18-21-19-12)20-6-7-3-1-2-4-8(7)14(20)17/h1-5,17H,6H2. The minimum absolute atomic E-state index is 0.420. The van der Waals surface area contributed by atoms with E-state index in [9.17, 15) is 0 Å². The van der Waals surface area contributed by atoms with Gasteiger partial charge in [0, 0.05) is 5.56 Å². The van der Waals surface area contributed by atoms with Gasteiger partial charge in [-0.1, -0.05) is 47.5 Å². The molecule has 1 aromatic heterocycles. The number of nitrogens with one attached hydrogen (secondary N) is 1. The van der Waals surface area contributed by atoms with Crippen LogP contribution in [-0.4, -0.2) is 14.6 Å². The summed E-state index contributed by atoms with van der Waals surface area (Å²) in [6, 6.07) is 9.53. The average Bonchev–Trinajstić information content (AvgIpc) is 3.06. The topological polar surface area (TPSA) is 52.9 Å². The van der Waals surface area contributed by atoms with Crippen molar-refractivity contribution in [2.24, 2.45) is 0 Å². The number of anilines is 1. The van der Waals surface area contributed by atoms with Crippen molar-refractivity contribution in [3.05, 3.63) is 51.5 Å². The molecule has 7 heteroatoms. The van der Waals surface area contributed by atoms with Crippen molar-refractivity contribution in [3.8, 4) is 0 Å². The SMILES string of the molecule is N=C1c2ccccc2CN1c1c(Cl)cc(Cl)c2nsnc12. The molecule has 0 fully saturated rings. The number of hydrogen-bond acceptors (Lipinski definition) is 4. The zero-order valence-electron chi connectivity index (χ0n) is 10.6. The Kier molecular flexibility index (Phi) is 2.89. The van der Waals surface area contributed by atoms with Crippen molar-refractivity contribution in [1.29, 1.82) is 5.41 Å². The summed E-state index contributed by atoms with van der Waals surface area (Å²) in [6.07, 6.45) is 0. The molecule has 21 heavy (non-hydrogen) atoms. The Balaban J connectivity index is 1.93. The van der Waals surface area contributed by atoms with Crippen LogP contribution in [0.4, 0.5) is 5.69 Å². The molecule has 1 aliphatic rings. The molecule has 0 atom stereocenters. The number of amidine groups is 1. The fraction of sp³-hybridized carbons (Fsp3) is 0.0714. The first-order valence-electron chi connectivity index (χ1n) is 6.21. The van der Waals surface area contributed by atoms with Crippen molar-refractivity contribution in [2.45, 2.75) is 6.54 Å². The maximum absolute atomic E-state index is 8.39. The first-order chi connectivity index (χ1) is 10.2. The molecule has 0 unspecified atom stereocenters. The molecular formula is C14H8Cl2N4S. The lowest BCUT2D eigenvalue weighted by atomic mass is 10.1. The zero-order valence-corrected chi connectivity index (χ0v) is 12.9. The molecule has 2 heterocycles. The fourth-order valence-electron chi connectivity index (χ4n) is 2.59. The molecule has 4 rings (SSSR count). The average molecular weight is 335 g/mol. The predicted octanol–water partition coefficient (Wildman–Crippen LogP) is 4.34. The normalized spacial score (nSPS) is 14.0. The van der Waals surface area contributed by atoms with E-state index >= 15 is 0 Å². The number of halogens is 2. The van der Waals surface area contributed by atoms with Gasteiger partial charge >= 0.3 is 0 Å². The lowest BCUT2D eigenvalue weighted by Gasteiger charge is -2.20. The molecule has 0 saturated carbocycles. The van der Waals surface area contributed by atoms with Crippen LogP contribution in [-0.2, 0) is 6.54 Å². The third kappa shape index (κ3) is 1.85. The second kappa shape index (κ2) is 4.66. The van der Waals surface area contributed by atoms with Crippen LogP contribution in [0.2, 0.25) is 10.0 Å². The van der Waals surface area contributed by atoms with Crippen molar-refractivity contribution in [1.82, 2.24) is 8.75 Å².